The van der Waals surface area contributed by atoms with Crippen LogP contribution >= 0.6 is 15.9 Å². The highest BCUT2D eigenvalue weighted by Gasteiger charge is 2.40. The highest BCUT2D eigenvalue weighted by Crippen LogP contribution is 2.43. The number of rotatable bonds is 5. The summed E-state index contributed by atoms with van der Waals surface area (Å²) in [6.07, 6.45) is 4.79. The third-order valence-corrected chi connectivity index (χ3v) is 6.35. The van der Waals surface area contributed by atoms with Gasteiger partial charge in [0.1, 0.15) is 22.4 Å². The van der Waals surface area contributed by atoms with Gasteiger partial charge in [-0.15, -0.1) is 0 Å². The maximum atomic E-state index is 14.8. The van der Waals surface area contributed by atoms with Gasteiger partial charge in [-0.1, -0.05) is 18.2 Å². The molecule has 1 aromatic carbocycles. The van der Waals surface area contributed by atoms with Crippen LogP contribution in [0.15, 0.2) is 40.0 Å². The Morgan fingerprint density at radius 2 is 2.00 bits per heavy atom. The van der Waals surface area contributed by atoms with Crippen molar-refractivity contribution < 1.29 is 13.2 Å². The lowest BCUT2D eigenvalue weighted by molar-refractivity contribution is 0.0136. The van der Waals surface area contributed by atoms with Crippen molar-refractivity contribution in [3.8, 4) is 0 Å². The summed E-state index contributed by atoms with van der Waals surface area (Å²) in [6.45, 7) is 4.33. The van der Waals surface area contributed by atoms with E-state index in [0.717, 1.165) is 18.9 Å². The minimum absolute atomic E-state index is 0.0994. The summed E-state index contributed by atoms with van der Waals surface area (Å²) in [5.74, 6) is -3.85. The first-order valence-electron chi connectivity index (χ1n) is 9.52. The second-order valence-corrected chi connectivity index (χ2v) is 8.86. The molecule has 0 unspecified atom stereocenters. The van der Waals surface area contributed by atoms with Crippen LogP contribution < -0.4 is 10.9 Å². The van der Waals surface area contributed by atoms with Gasteiger partial charge in [0.25, 0.3) is 11.5 Å². The van der Waals surface area contributed by atoms with Crippen molar-refractivity contribution in [3.05, 3.63) is 62.5 Å². The molecule has 5 nitrogen and oxygen atoms in total. The van der Waals surface area contributed by atoms with Gasteiger partial charge >= 0.3 is 0 Å². The van der Waals surface area contributed by atoms with E-state index in [4.69, 9.17) is 0 Å². The fourth-order valence-electron chi connectivity index (χ4n) is 3.53. The van der Waals surface area contributed by atoms with Crippen molar-refractivity contribution in [2.45, 2.75) is 51.1 Å². The van der Waals surface area contributed by atoms with Gasteiger partial charge in [0.15, 0.2) is 0 Å². The average molecular weight is 481 g/mol. The molecule has 3 aromatic rings. The predicted molar refractivity (Wildman–Crippen MR) is 112 cm³/mol. The molecule has 0 spiro atoms. The molecular formula is C21H20BrF3N4O. The van der Waals surface area contributed by atoms with Gasteiger partial charge in [-0.3, -0.25) is 4.79 Å². The van der Waals surface area contributed by atoms with Crippen LogP contribution in [-0.2, 0) is 11.5 Å². The van der Waals surface area contributed by atoms with E-state index >= 15 is 0 Å². The maximum Gasteiger partial charge on any atom is 0.273 e. The van der Waals surface area contributed by atoms with E-state index in [1.807, 2.05) is 6.92 Å². The smallest absolute Gasteiger partial charge is 0.273 e. The van der Waals surface area contributed by atoms with Gasteiger partial charge in [-0.2, -0.15) is 0 Å². The van der Waals surface area contributed by atoms with Crippen LogP contribution in [0, 0.1) is 5.82 Å². The molecule has 30 heavy (non-hydrogen) atoms. The minimum Gasteiger partial charge on any atom is -0.363 e. The molecule has 1 saturated carbocycles. The van der Waals surface area contributed by atoms with E-state index < -0.39 is 23.3 Å². The summed E-state index contributed by atoms with van der Waals surface area (Å²) < 4.78 is 44.2. The molecule has 0 saturated heterocycles. The van der Waals surface area contributed by atoms with Crippen molar-refractivity contribution >= 4 is 32.7 Å². The molecule has 1 aliphatic rings. The highest BCUT2D eigenvalue weighted by atomic mass is 79.9. The second-order valence-electron chi connectivity index (χ2n) is 8.06. The van der Waals surface area contributed by atoms with Crippen LogP contribution in [0.1, 0.15) is 50.8 Å². The number of hydrogen-bond acceptors (Lipinski definition) is 4. The van der Waals surface area contributed by atoms with Crippen LogP contribution in [0.5, 0.6) is 0 Å². The van der Waals surface area contributed by atoms with Crippen molar-refractivity contribution in [2.75, 3.05) is 5.32 Å². The van der Waals surface area contributed by atoms with E-state index in [1.54, 1.807) is 17.7 Å². The van der Waals surface area contributed by atoms with Gasteiger partial charge in [-0.25, -0.2) is 23.1 Å². The molecule has 0 amide bonds. The number of anilines is 1. The summed E-state index contributed by atoms with van der Waals surface area (Å²) in [4.78, 5) is 21.2. The lowest BCUT2D eigenvalue weighted by Crippen LogP contribution is -2.28. The highest BCUT2D eigenvalue weighted by molar-refractivity contribution is 9.10. The zero-order chi connectivity index (χ0) is 21.8. The van der Waals surface area contributed by atoms with Crippen LogP contribution in [0.4, 0.5) is 19.0 Å². The zero-order valence-corrected chi connectivity index (χ0v) is 18.2. The van der Waals surface area contributed by atoms with E-state index in [0.29, 0.717) is 28.1 Å². The fraction of sp³-hybridized carbons (Fsp3) is 0.381. The van der Waals surface area contributed by atoms with Crippen molar-refractivity contribution in [3.63, 3.8) is 0 Å². The van der Waals surface area contributed by atoms with Gasteiger partial charge in [0.2, 0.25) is 0 Å². The first-order chi connectivity index (χ1) is 14.0. The van der Waals surface area contributed by atoms with Gasteiger partial charge in [0, 0.05) is 24.2 Å². The number of nitrogens with one attached hydrogen (secondary N) is 1. The number of benzene rings is 1. The van der Waals surface area contributed by atoms with E-state index in [2.05, 4.69) is 31.2 Å². The molecule has 158 valence electrons. The third-order valence-electron chi connectivity index (χ3n) is 5.63. The molecule has 0 aliphatic heterocycles. The van der Waals surface area contributed by atoms with E-state index in [1.165, 1.54) is 18.5 Å². The Balaban J connectivity index is 1.78. The zero-order valence-electron chi connectivity index (χ0n) is 16.6. The summed E-state index contributed by atoms with van der Waals surface area (Å²) in [5.41, 5.74) is -0.551. The summed E-state index contributed by atoms with van der Waals surface area (Å²) in [7, 11) is 0. The van der Waals surface area contributed by atoms with E-state index in [-0.39, 0.29) is 16.7 Å². The monoisotopic (exact) mass is 480 g/mol. The lowest BCUT2D eigenvalue weighted by Gasteiger charge is -2.21. The molecule has 1 fully saturated rings. The number of aromatic nitrogens is 3. The van der Waals surface area contributed by atoms with Crippen LogP contribution in [-0.4, -0.2) is 14.5 Å². The molecular weight excluding hydrogens is 461 g/mol. The predicted octanol–water partition coefficient (Wildman–Crippen LogP) is 5.49. The quantitative estimate of drug-likeness (QED) is 0.524. The molecule has 0 bridgehead atoms. The molecule has 2 heterocycles. The summed E-state index contributed by atoms with van der Waals surface area (Å²) in [5, 5.41) is 3.68. The number of halogens is 4. The standard InChI is InChI=1S/C21H20BrF3N4O/c1-11(12-5-4-6-14(16(12)23)21(3,24)25)28-18-13-9-29(20(2)7-8-20)19(30)15(22)17(13)26-10-27-18/h4-6,9-11H,7-8H2,1-3H3,(H,26,27,28)/t11-/m0/s1. The summed E-state index contributed by atoms with van der Waals surface area (Å²) in [6, 6.07) is 3.30. The fourth-order valence-corrected chi connectivity index (χ4v) is 4.04. The first kappa shape index (κ1) is 20.8. The topological polar surface area (TPSA) is 59.8 Å². The maximum absolute atomic E-state index is 14.8. The Hall–Kier alpha value is -2.42. The van der Waals surface area contributed by atoms with E-state index in [9.17, 15) is 18.0 Å². The third kappa shape index (κ3) is 3.49. The second kappa shape index (κ2) is 7.08. The van der Waals surface area contributed by atoms with Crippen LogP contribution in [0.3, 0.4) is 0 Å². The minimum atomic E-state index is -3.29. The molecule has 1 atom stereocenters. The van der Waals surface area contributed by atoms with Crippen molar-refractivity contribution in [1.82, 2.24) is 14.5 Å². The Labute approximate surface area is 179 Å². The van der Waals surface area contributed by atoms with Gasteiger partial charge in [0.05, 0.1) is 22.5 Å². The molecule has 2 aromatic heterocycles. The van der Waals surface area contributed by atoms with Crippen molar-refractivity contribution in [2.24, 2.45) is 0 Å². The SMILES string of the molecule is C[C@H](Nc1ncnc2c(Br)c(=O)n(C3(C)CC3)cc12)c1cccc(C(C)(F)F)c1F. The molecule has 1 N–H and O–H groups in total. The number of pyridine rings is 1. The largest absolute Gasteiger partial charge is 0.363 e. The number of nitrogens with zero attached hydrogens (tertiary/aromatic N) is 3. The average Bonchev–Trinajstić information content (AvgIpc) is 3.42. The van der Waals surface area contributed by atoms with Crippen LogP contribution in [0.2, 0.25) is 0 Å². The molecule has 4 rings (SSSR count). The Morgan fingerprint density at radius 1 is 1.30 bits per heavy atom. The molecule has 1 aliphatic carbocycles. The number of alkyl halides is 2. The molecule has 9 heteroatoms. The van der Waals surface area contributed by atoms with Gasteiger partial charge in [-0.05, 0) is 42.6 Å². The number of hydrogen-bond donors (Lipinski definition) is 1. The van der Waals surface area contributed by atoms with Crippen molar-refractivity contribution in [1.29, 1.82) is 0 Å². The Morgan fingerprint density at radius 3 is 2.63 bits per heavy atom. The summed E-state index contributed by atoms with van der Waals surface area (Å²) >= 11 is 3.35. The lowest BCUT2D eigenvalue weighted by atomic mass is 10.0. The van der Waals surface area contributed by atoms with Gasteiger partial charge < -0.3 is 9.88 Å². The Kier molecular flexibility index (Phi) is 4.91. The Bertz CT molecular complexity index is 1200. The number of fused-ring (bicyclic) bond motifs is 1. The first-order valence-corrected chi connectivity index (χ1v) is 10.3. The van der Waals surface area contributed by atoms with Crippen LogP contribution in [0.25, 0.3) is 10.9 Å². The normalized spacial score (nSPS) is 16.5. The molecule has 0 radical (unpaired) electrons.